The topological polar surface area (TPSA) is 17.1 Å². The van der Waals surface area contributed by atoms with Gasteiger partial charge in [0.15, 0.2) is 5.78 Å². The van der Waals surface area contributed by atoms with Crippen molar-refractivity contribution in [2.24, 2.45) is 22.7 Å². The normalized spacial score (nSPS) is 42.1. The van der Waals surface area contributed by atoms with Crippen molar-refractivity contribution in [1.29, 1.82) is 0 Å². The van der Waals surface area contributed by atoms with Gasteiger partial charge in [-0.2, -0.15) is 0 Å². The molecular formula is C16H18Br2OS. The second-order valence-electron chi connectivity index (χ2n) is 7.61. The molecule has 20 heavy (non-hydrogen) atoms. The highest BCUT2D eigenvalue weighted by Gasteiger charge is 2.59. The Kier molecular flexibility index (Phi) is 3.08. The van der Waals surface area contributed by atoms with Gasteiger partial charge >= 0.3 is 0 Å². The summed E-state index contributed by atoms with van der Waals surface area (Å²) in [4.78, 5) is 14.2. The summed E-state index contributed by atoms with van der Waals surface area (Å²) >= 11 is 8.69. The first kappa shape index (κ1) is 14.0. The Morgan fingerprint density at radius 3 is 2.40 bits per heavy atom. The molecule has 0 radical (unpaired) electrons. The summed E-state index contributed by atoms with van der Waals surface area (Å²) in [5.74, 6) is 2.01. The number of halogens is 2. The first-order chi connectivity index (χ1) is 9.41. The summed E-state index contributed by atoms with van der Waals surface area (Å²) in [6.45, 7) is 2.42. The van der Waals surface area contributed by atoms with Crippen LogP contribution in [-0.4, -0.2) is 5.78 Å². The van der Waals surface area contributed by atoms with Crippen LogP contribution in [-0.2, 0) is 0 Å². The Labute approximate surface area is 140 Å². The molecule has 4 bridgehead atoms. The van der Waals surface area contributed by atoms with Crippen LogP contribution in [0.15, 0.2) is 14.3 Å². The molecule has 1 heterocycles. The van der Waals surface area contributed by atoms with Gasteiger partial charge in [0.1, 0.15) is 0 Å². The smallest absolute Gasteiger partial charge is 0.180 e. The van der Waals surface area contributed by atoms with Crippen molar-refractivity contribution in [2.45, 2.75) is 45.4 Å². The molecule has 1 aromatic heterocycles. The lowest BCUT2D eigenvalue weighted by Crippen LogP contribution is -2.53. The fraction of sp³-hybridized carbons (Fsp3) is 0.688. The third-order valence-corrected chi connectivity index (χ3v) is 9.26. The number of hydrogen-bond donors (Lipinski definition) is 0. The number of thiophene rings is 1. The molecule has 5 rings (SSSR count). The van der Waals surface area contributed by atoms with Gasteiger partial charge in [-0.3, -0.25) is 4.79 Å². The second kappa shape index (κ2) is 4.42. The van der Waals surface area contributed by atoms with Gasteiger partial charge in [-0.05, 0) is 87.6 Å². The monoisotopic (exact) mass is 416 g/mol. The second-order valence-corrected chi connectivity index (χ2v) is 10.1. The van der Waals surface area contributed by atoms with Crippen LogP contribution in [0.3, 0.4) is 0 Å². The maximum atomic E-state index is 13.2. The van der Waals surface area contributed by atoms with Crippen molar-refractivity contribution >= 4 is 49.0 Å². The van der Waals surface area contributed by atoms with Crippen LogP contribution in [0.5, 0.6) is 0 Å². The van der Waals surface area contributed by atoms with Crippen molar-refractivity contribution in [1.82, 2.24) is 0 Å². The number of Topliss-reactive ketones (excluding diaryl/α,β-unsaturated/α-hetero) is 1. The van der Waals surface area contributed by atoms with Gasteiger partial charge in [0.25, 0.3) is 0 Å². The summed E-state index contributed by atoms with van der Waals surface area (Å²) in [6.07, 6.45) is 7.48. The predicted molar refractivity (Wildman–Crippen MR) is 89.3 cm³/mol. The summed E-state index contributed by atoms with van der Waals surface area (Å²) in [6, 6.07) is 0. The van der Waals surface area contributed by atoms with Gasteiger partial charge in [-0.1, -0.05) is 6.92 Å². The van der Waals surface area contributed by atoms with Crippen LogP contribution in [0.4, 0.5) is 0 Å². The molecule has 4 aliphatic rings. The molecule has 4 saturated carbocycles. The summed E-state index contributed by atoms with van der Waals surface area (Å²) < 4.78 is 1.98. The fourth-order valence-corrected chi connectivity index (χ4v) is 7.92. The summed E-state index contributed by atoms with van der Waals surface area (Å²) in [7, 11) is 0. The largest absolute Gasteiger partial charge is 0.293 e. The van der Waals surface area contributed by atoms with E-state index in [0.717, 1.165) is 44.9 Å². The van der Waals surface area contributed by atoms with Crippen LogP contribution in [0, 0.1) is 22.7 Å². The Morgan fingerprint density at radius 2 is 1.90 bits per heavy atom. The molecule has 0 spiro atoms. The maximum Gasteiger partial charge on any atom is 0.180 e. The highest BCUT2D eigenvalue weighted by molar-refractivity contribution is 9.13. The van der Waals surface area contributed by atoms with E-state index < -0.39 is 0 Å². The van der Waals surface area contributed by atoms with E-state index in [0.29, 0.717) is 11.2 Å². The molecule has 0 saturated heterocycles. The Bertz CT molecular complexity index is 577. The van der Waals surface area contributed by atoms with Gasteiger partial charge in [-0.15, -0.1) is 11.3 Å². The predicted octanol–water partition coefficient (Wildman–Crippen LogP) is 6.06. The molecule has 4 aliphatic carbocycles. The van der Waals surface area contributed by atoms with Crippen LogP contribution < -0.4 is 0 Å². The van der Waals surface area contributed by atoms with Crippen molar-refractivity contribution < 1.29 is 4.79 Å². The van der Waals surface area contributed by atoms with E-state index in [1.807, 2.05) is 5.38 Å². The van der Waals surface area contributed by atoms with Gasteiger partial charge in [0, 0.05) is 15.3 Å². The summed E-state index contributed by atoms with van der Waals surface area (Å²) in [5, 5.41) is 2.03. The van der Waals surface area contributed by atoms with Crippen LogP contribution in [0.2, 0.25) is 0 Å². The molecule has 108 valence electrons. The molecule has 1 nitrogen and oxygen atoms in total. The zero-order chi connectivity index (χ0) is 14.1. The Morgan fingerprint density at radius 1 is 1.25 bits per heavy atom. The molecule has 0 N–H and O–H groups in total. The lowest BCUT2D eigenvalue weighted by atomic mass is 9.44. The molecule has 2 unspecified atom stereocenters. The third kappa shape index (κ3) is 1.94. The highest BCUT2D eigenvalue weighted by Crippen LogP contribution is 2.66. The molecule has 4 heteroatoms. The minimum absolute atomic E-state index is 0.0500. The fourth-order valence-electron chi connectivity index (χ4n) is 5.70. The average Bonchev–Trinajstić information content (AvgIpc) is 2.66. The number of hydrogen-bond acceptors (Lipinski definition) is 2. The zero-order valence-corrected chi connectivity index (χ0v) is 15.5. The van der Waals surface area contributed by atoms with Crippen LogP contribution in [0.25, 0.3) is 0 Å². The van der Waals surface area contributed by atoms with Crippen molar-refractivity contribution in [3.8, 4) is 0 Å². The van der Waals surface area contributed by atoms with Crippen molar-refractivity contribution in [3.63, 3.8) is 0 Å². The number of ketones is 1. The van der Waals surface area contributed by atoms with Crippen molar-refractivity contribution in [3.05, 3.63) is 19.2 Å². The van der Waals surface area contributed by atoms with Gasteiger partial charge < -0.3 is 0 Å². The van der Waals surface area contributed by atoms with E-state index in [9.17, 15) is 4.79 Å². The maximum absolute atomic E-state index is 13.2. The molecule has 2 atom stereocenters. The lowest BCUT2D eigenvalue weighted by molar-refractivity contribution is -0.0819. The quantitative estimate of drug-likeness (QED) is 0.534. The van der Waals surface area contributed by atoms with Gasteiger partial charge in [-0.25, -0.2) is 0 Å². The molecule has 0 aliphatic heterocycles. The molecule has 1 aromatic rings. The molecule has 4 fully saturated rings. The zero-order valence-electron chi connectivity index (χ0n) is 11.5. The van der Waals surface area contributed by atoms with E-state index >= 15 is 0 Å². The third-order valence-electron chi connectivity index (χ3n) is 5.73. The standard InChI is InChI=1S/C16H18Br2OS/c1-15-3-9-2-10(4-15)6-16(5-9,8-15)14(19)13-12(18)11(17)7-20-13/h7,9-10H,2-6,8H2,1H3. The number of rotatable bonds is 2. The molecule has 0 amide bonds. The Balaban J connectivity index is 1.74. The molecular weight excluding hydrogens is 400 g/mol. The van der Waals surface area contributed by atoms with Crippen LogP contribution in [0.1, 0.15) is 55.1 Å². The molecule has 0 aromatic carbocycles. The minimum atomic E-state index is -0.0500. The van der Waals surface area contributed by atoms with E-state index in [1.165, 1.54) is 19.3 Å². The summed E-state index contributed by atoms with van der Waals surface area (Å²) in [5.41, 5.74) is 0.381. The van der Waals surface area contributed by atoms with E-state index in [1.54, 1.807) is 11.3 Å². The first-order valence-electron chi connectivity index (χ1n) is 7.38. The van der Waals surface area contributed by atoms with Crippen molar-refractivity contribution in [2.75, 3.05) is 0 Å². The van der Waals surface area contributed by atoms with E-state index in [4.69, 9.17) is 0 Å². The highest BCUT2D eigenvalue weighted by atomic mass is 79.9. The number of carbonyl (C=O) groups excluding carboxylic acids is 1. The minimum Gasteiger partial charge on any atom is -0.293 e. The Hall–Kier alpha value is 0.330. The van der Waals surface area contributed by atoms with Crippen LogP contribution >= 0.6 is 43.2 Å². The van der Waals surface area contributed by atoms with E-state index in [-0.39, 0.29) is 5.41 Å². The van der Waals surface area contributed by atoms with Gasteiger partial charge in [0.05, 0.1) is 9.35 Å². The SMILES string of the molecule is CC12CC3CC(C1)CC(C(=O)c1scc(Br)c1Br)(C3)C2. The lowest BCUT2D eigenvalue weighted by Gasteiger charge is -2.60. The first-order valence-corrected chi connectivity index (χ1v) is 9.85. The van der Waals surface area contributed by atoms with E-state index in [2.05, 4.69) is 38.8 Å². The average molecular weight is 418 g/mol. The van der Waals surface area contributed by atoms with Gasteiger partial charge in [0.2, 0.25) is 0 Å². The number of carbonyl (C=O) groups is 1.